The number of piperidine rings is 1. The average molecular weight is 372 g/mol. The van der Waals surface area contributed by atoms with Crippen LogP contribution in [0.15, 0.2) is 42.5 Å². The molecule has 0 bridgehead atoms. The Hall–Kier alpha value is -2.76. The molecule has 0 aliphatic carbocycles. The van der Waals surface area contributed by atoms with Gasteiger partial charge in [-0.3, -0.25) is 9.59 Å². The van der Waals surface area contributed by atoms with Crippen LogP contribution >= 0.6 is 0 Å². The van der Waals surface area contributed by atoms with Gasteiger partial charge in [-0.05, 0) is 55.7 Å². The SMILES string of the molecule is Cc1ccc(C(C)NC(=O)C2CCC(=O)N(c3cccc(F)c3)C2)cc1F. The minimum atomic E-state index is -0.429. The van der Waals surface area contributed by atoms with E-state index in [2.05, 4.69) is 5.32 Å². The van der Waals surface area contributed by atoms with Crippen molar-refractivity contribution >= 4 is 17.5 Å². The fraction of sp³-hybridized carbons (Fsp3) is 0.333. The van der Waals surface area contributed by atoms with Gasteiger partial charge in [-0.1, -0.05) is 18.2 Å². The van der Waals surface area contributed by atoms with Crippen LogP contribution in [0.2, 0.25) is 0 Å². The monoisotopic (exact) mass is 372 g/mol. The second-order valence-corrected chi connectivity index (χ2v) is 6.96. The molecule has 2 atom stereocenters. The molecule has 0 spiro atoms. The van der Waals surface area contributed by atoms with Crippen LogP contribution in [-0.4, -0.2) is 18.4 Å². The van der Waals surface area contributed by atoms with Crippen LogP contribution in [0.3, 0.4) is 0 Å². The summed E-state index contributed by atoms with van der Waals surface area (Å²) in [7, 11) is 0. The molecule has 2 amide bonds. The number of aryl methyl sites for hydroxylation is 1. The summed E-state index contributed by atoms with van der Waals surface area (Å²) in [6, 6.07) is 10.3. The van der Waals surface area contributed by atoms with Gasteiger partial charge in [0.2, 0.25) is 11.8 Å². The smallest absolute Gasteiger partial charge is 0.227 e. The van der Waals surface area contributed by atoms with E-state index in [-0.39, 0.29) is 36.6 Å². The van der Waals surface area contributed by atoms with Gasteiger partial charge < -0.3 is 10.2 Å². The van der Waals surface area contributed by atoms with Crippen molar-refractivity contribution in [3.63, 3.8) is 0 Å². The highest BCUT2D eigenvalue weighted by molar-refractivity contribution is 5.96. The van der Waals surface area contributed by atoms with Gasteiger partial charge in [0.05, 0.1) is 12.0 Å². The number of carbonyl (C=O) groups excluding carboxylic acids is 2. The lowest BCUT2D eigenvalue weighted by Gasteiger charge is -2.32. The van der Waals surface area contributed by atoms with Crippen LogP contribution in [0.1, 0.15) is 36.9 Å². The van der Waals surface area contributed by atoms with Crippen LogP contribution in [-0.2, 0) is 9.59 Å². The predicted molar refractivity (Wildman–Crippen MR) is 99.2 cm³/mol. The molecule has 4 nitrogen and oxygen atoms in total. The van der Waals surface area contributed by atoms with Gasteiger partial charge in [-0.2, -0.15) is 0 Å². The maximum Gasteiger partial charge on any atom is 0.227 e. The van der Waals surface area contributed by atoms with E-state index in [0.29, 0.717) is 23.2 Å². The third kappa shape index (κ3) is 4.32. The van der Waals surface area contributed by atoms with Gasteiger partial charge in [0, 0.05) is 18.7 Å². The zero-order chi connectivity index (χ0) is 19.6. The van der Waals surface area contributed by atoms with Crippen molar-refractivity contribution in [2.24, 2.45) is 5.92 Å². The maximum atomic E-state index is 13.8. The first-order valence-corrected chi connectivity index (χ1v) is 8.97. The Kier molecular flexibility index (Phi) is 5.54. The molecule has 1 aliphatic rings. The molecule has 0 aromatic heterocycles. The molecule has 3 rings (SSSR count). The first kappa shape index (κ1) is 19.0. The zero-order valence-corrected chi connectivity index (χ0v) is 15.3. The summed E-state index contributed by atoms with van der Waals surface area (Å²) in [6.45, 7) is 3.67. The van der Waals surface area contributed by atoms with Gasteiger partial charge in [0.1, 0.15) is 11.6 Å². The van der Waals surface area contributed by atoms with E-state index in [9.17, 15) is 18.4 Å². The number of nitrogens with zero attached hydrogens (tertiary/aromatic N) is 1. The maximum absolute atomic E-state index is 13.8. The normalized spacial score (nSPS) is 18.3. The minimum absolute atomic E-state index is 0.127. The van der Waals surface area contributed by atoms with Crippen LogP contribution in [0.25, 0.3) is 0 Å². The Morgan fingerprint density at radius 3 is 2.70 bits per heavy atom. The Morgan fingerprint density at radius 2 is 2.00 bits per heavy atom. The Morgan fingerprint density at radius 1 is 1.22 bits per heavy atom. The fourth-order valence-corrected chi connectivity index (χ4v) is 3.25. The van der Waals surface area contributed by atoms with E-state index in [1.54, 1.807) is 32.0 Å². The highest BCUT2D eigenvalue weighted by Gasteiger charge is 2.31. The van der Waals surface area contributed by atoms with Gasteiger partial charge in [0.25, 0.3) is 0 Å². The molecule has 0 radical (unpaired) electrons. The Balaban J connectivity index is 1.69. The highest BCUT2D eigenvalue weighted by atomic mass is 19.1. The van der Waals surface area contributed by atoms with Crippen molar-refractivity contribution in [3.05, 3.63) is 65.2 Å². The second kappa shape index (κ2) is 7.86. The number of rotatable bonds is 4. The quantitative estimate of drug-likeness (QED) is 0.885. The lowest BCUT2D eigenvalue weighted by atomic mass is 9.95. The molecule has 27 heavy (non-hydrogen) atoms. The molecule has 6 heteroatoms. The molecule has 1 saturated heterocycles. The molecule has 142 valence electrons. The van der Waals surface area contributed by atoms with E-state index >= 15 is 0 Å². The summed E-state index contributed by atoms with van der Waals surface area (Å²) in [5.74, 6) is -1.46. The molecule has 1 fully saturated rings. The van der Waals surface area contributed by atoms with Gasteiger partial charge in [0.15, 0.2) is 0 Å². The lowest BCUT2D eigenvalue weighted by Crippen LogP contribution is -2.46. The molecule has 2 aromatic carbocycles. The van der Waals surface area contributed by atoms with E-state index in [4.69, 9.17) is 0 Å². The summed E-state index contributed by atoms with van der Waals surface area (Å²) < 4.78 is 27.2. The molecular weight excluding hydrogens is 350 g/mol. The molecule has 2 unspecified atom stereocenters. The zero-order valence-electron chi connectivity index (χ0n) is 15.3. The number of hydrogen-bond acceptors (Lipinski definition) is 2. The van der Waals surface area contributed by atoms with Crippen LogP contribution in [0.4, 0.5) is 14.5 Å². The van der Waals surface area contributed by atoms with Crippen molar-refractivity contribution in [1.82, 2.24) is 5.32 Å². The topological polar surface area (TPSA) is 49.4 Å². The first-order valence-electron chi connectivity index (χ1n) is 8.97. The Labute approximate surface area is 157 Å². The van der Waals surface area contributed by atoms with E-state index in [1.807, 2.05) is 0 Å². The minimum Gasteiger partial charge on any atom is -0.349 e. The number of carbonyl (C=O) groups is 2. The van der Waals surface area contributed by atoms with E-state index in [1.165, 1.54) is 29.2 Å². The van der Waals surface area contributed by atoms with E-state index in [0.717, 1.165) is 0 Å². The third-order valence-electron chi connectivity index (χ3n) is 4.96. The number of hydrogen-bond donors (Lipinski definition) is 1. The summed E-state index contributed by atoms with van der Waals surface area (Å²) in [6.07, 6.45) is 0.660. The molecule has 1 heterocycles. The van der Waals surface area contributed by atoms with Crippen molar-refractivity contribution in [3.8, 4) is 0 Å². The van der Waals surface area contributed by atoms with Gasteiger partial charge in [-0.25, -0.2) is 8.78 Å². The number of benzene rings is 2. The van der Waals surface area contributed by atoms with Crippen LogP contribution < -0.4 is 10.2 Å². The van der Waals surface area contributed by atoms with Crippen molar-refractivity contribution in [1.29, 1.82) is 0 Å². The van der Waals surface area contributed by atoms with Crippen LogP contribution in [0.5, 0.6) is 0 Å². The Bertz CT molecular complexity index is 869. The standard InChI is InChI=1S/C21H22F2N2O2/c1-13-6-7-15(10-19(13)23)14(2)24-21(27)16-8-9-20(26)25(12-16)18-5-3-4-17(22)11-18/h3-7,10-11,14,16H,8-9,12H2,1-2H3,(H,24,27). The molecular formula is C21H22F2N2O2. The number of amides is 2. The average Bonchev–Trinajstić information content (AvgIpc) is 2.64. The molecule has 0 saturated carbocycles. The number of halogens is 2. The third-order valence-corrected chi connectivity index (χ3v) is 4.96. The summed E-state index contributed by atoms with van der Waals surface area (Å²) in [4.78, 5) is 26.3. The second-order valence-electron chi connectivity index (χ2n) is 6.96. The largest absolute Gasteiger partial charge is 0.349 e. The molecule has 1 aliphatic heterocycles. The van der Waals surface area contributed by atoms with Gasteiger partial charge >= 0.3 is 0 Å². The van der Waals surface area contributed by atoms with E-state index < -0.39 is 11.7 Å². The van der Waals surface area contributed by atoms with Crippen molar-refractivity contribution in [2.45, 2.75) is 32.7 Å². The fourth-order valence-electron chi connectivity index (χ4n) is 3.25. The highest BCUT2D eigenvalue weighted by Crippen LogP contribution is 2.26. The van der Waals surface area contributed by atoms with Crippen molar-refractivity contribution in [2.75, 3.05) is 11.4 Å². The summed E-state index contributed by atoms with van der Waals surface area (Å²) >= 11 is 0. The summed E-state index contributed by atoms with van der Waals surface area (Å²) in [5.41, 5.74) is 1.68. The first-order chi connectivity index (χ1) is 12.8. The predicted octanol–water partition coefficient (Wildman–Crippen LogP) is 3.89. The number of anilines is 1. The number of nitrogens with one attached hydrogen (secondary N) is 1. The van der Waals surface area contributed by atoms with Crippen LogP contribution in [0, 0.1) is 24.5 Å². The molecule has 1 N–H and O–H groups in total. The molecule has 2 aromatic rings. The van der Waals surface area contributed by atoms with Crippen molar-refractivity contribution < 1.29 is 18.4 Å². The lowest BCUT2D eigenvalue weighted by molar-refractivity contribution is -0.128. The van der Waals surface area contributed by atoms with Gasteiger partial charge in [-0.15, -0.1) is 0 Å². The summed E-state index contributed by atoms with van der Waals surface area (Å²) in [5, 5.41) is 2.89.